The first-order valence-corrected chi connectivity index (χ1v) is 4.80. The van der Waals surface area contributed by atoms with Gasteiger partial charge in [0, 0.05) is 12.1 Å². The van der Waals surface area contributed by atoms with Crippen molar-refractivity contribution in [1.29, 1.82) is 5.26 Å². The number of carbonyl (C=O) groups is 1. The molecule has 0 saturated heterocycles. The molecule has 1 amide bonds. The number of carbonyl (C=O) groups excluding carboxylic acids is 1. The summed E-state index contributed by atoms with van der Waals surface area (Å²) in [4.78, 5) is 11.4. The molecule has 1 aliphatic rings. The number of aliphatic hydroxyl groups excluding tert-OH is 2. The molecule has 1 aromatic carbocycles. The number of benzene rings is 1. The highest BCUT2D eigenvalue weighted by Gasteiger charge is 2.23. The fourth-order valence-corrected chi connectivity index (χ4v) is 1.67. The molecule has 0 saturated carbocycles. The highest BCUT2D eigenvalue weighted by atomic mass is 16.3. The molecule has 0 aromatic heterocycles. The van der Waals surface area contributed by atoms with Crippen LogP contribution in [0.1, 0.15) is 27.6 Å². The third-order valence-electron chi connectivity index (χ3n) is 2.59. The summed E-state index contributed by atoms with van der Waals surface area (Å²) >= 11 is 0. The fraction of sp³-hybridized carbons (Fsp3) is 0.273. The Bertz CT molecular complexity index is 479. The molecule has 5 heteroatoms. The maximum atomic E-state index is 11.4. The molecule has 16 heavy (non-hydrogen) atoms. The van der Waals surface area contributed by atoms with E-state index >= 15 is 0 Å². The van der Waals surface area contributed by atoms with Gasteiger partial charge in [-0.1, -0.05) is 12.1 Å². The van der Waals surface area contributed by atoms with Crippen molar-refractivity contribution in [1.82, 2.24) is 5.32 Å². The van der Waals surface area contributed by atoms with Crippen molar-refractivity contribution in [3.63, 3.8) is 0 Å². The lowest BCUT2D eigenvalue weighted by atomic mass is 10.00. The Kier molecular flexibility index (Phi) is 2.60. The van der Waals surface area contributed by atoms with Crippen LogP contribution in [-0.2, 0) is 6.54 Å². The number of amides is 1. The molecule has 5 nitrogen and oxygen atoms in total. The summed E-state index contributed by atoms with van der Waals surface area (Å²) in [5, 5.41) is 29.9. The van der Waals surface area contributed by atoms with Crippen molar-refractivity contribution >= 4 is 5.91 Å². The third kappa shape index (κ3) is 1.65. The Labute approximate surface area is 91.9 Å². The monoisotopic (exact) mass is 218 g/mol. The maximum Gasteiger partial charge on any atom is 0.251 e. The number of nitrogens with zero attached hydrogens (tertiary/aromatic N) is 1. The van der Waals surface area contributed by atoms with Crippen LogP contribution in [0.25, 0.3) is 0 Å². The zero-order valence-electron chi connectivity index (χ0n) is 8.34. The van der Waals surface area contributed by atoms with E-state index in [4.69, 9.17) is 5.26 Å². The van der Waals surface area contributed by atoms with Crippen molar-refractivity contribution in [2.45, 2.75) is 18.8 Å². The van der Waals surface area contributed by atoms with Gasteiger partial charge in [0.2, 0.25) is 0 Å². The number of hydrogen-bond donors (Lipinski definition) is 3. The number of fused-ring (bicyclic) bond motifs is 1. The molecule has 1 aliphatic heterocycles. The minimum absolute atomic E-state index is 0.199. The van der Waals surface area contributed by atoms with Crippen LogP contribution in [0.3, 0.4) is 0 Å². The zero-order chi connectivity index (χ0) is 11.7. The van der Waals surface area contributed by atoms with E-state index in [9.17, 15) is 15.0 Å². The van der Waals surface area contributed by atoms with Gasteiger partial charge in [-0.3, -0.25) is 4.79 Å². The van der Waals surface area contributed by atoms with Gasteiger partial charge < -0.3 is 15.5 Å². The number of rotatable bonds is 2. The highest BCUT2D eigenvalue weighted by molar-refractivity contribution is 5.98. The maximum absolute atomic E-state index is 11.4. The van der Waals surface area contributed by atoms with Gasteiger partial charge in [0.25, 0.3) is 5.91 Å². The largest absolute Gasteiger partial charge is 0.385 e. The molecule has 0 bridgehead atoms. The summed E-state index contributed by atoms with van der Waals surface area (Å²) < 4.78 is 0. The van der Waals surface area contributed by atoms with Gasteiger partial charge in [0.05, 0.1) is 6.07 Å². The number of nitrogens with one attached hydrogen (secondary N) is 1. The van der Waals surface area contributed by atoms with E-state index in [-0.39, 0.29) is 5.91 Å². The van der Waals surface area contributed by atoms with Crippen LogP contribution in [0.4, 0.5) is 0 Å². The smallest absolute Gasteiger partial charge is 0.251 e. The van der Waals surface area contributed by atoms with Crippen LogP contribution < -0.4 is 5.32 Å². The van der Waals surface area contributed by atoms with Gasteiger partial charge >= 0.3 is 0 Å². The summed E-state index contributed by atoms with van der Waals surface area (Å²) in [6, 6.07) is 6.36. The standard InChI is InChI=1S/C11H10N2O3/c12-4-9(14)10(15)6-1-2-7-5-13-11(16)8(7)3-6/h1-3,9-10,14-15H,5H2,(H,13,16). The molecule has 1 heterocycles. The van der Waals surface area contributed by atoms with Gasteiger partial charge in [-0.05, 0) is 17.2 Å². The van der Waals surface area contributed by atoms with Gasteiger partial charge in [0.1, 0.15) is 6.10 Å². The number of nitriles is 1. The summed E-state index contributed by atoms with van der Waals surface area (Å²) in [5.41, 5.74) is 1.71. The zero-order valence-corrected chi connectivity index (χ0v) is 8.34. The van der Waals surface area contributed by atoms with Crippen molar-refractivity contribution in [2.24, 2.45) is 0 Å². The lowest BCUT2D eigenvalue weighted by Gasteiger charge is -2.12. The molecule has 2 atom stereocenters. The van der Waals surface area contributed by atoms with E-state index in [1.165, 1.54) is 6.07 Å². The Balaban J connectivity index is 2.35. The summed E-state index contributed by atoms with van der Waals surface area (Å²) in [5.74, 6) is -0.199. The normalized spacial score (nSPS) is 17.2. The molecule has 0 radical (unpaired) electrons. The molecule has 2 rings (SSSR count). The molecule has 2 unspecified atom stereocenters. The first kappa shape index (κ1) is 10.6. The van der Waals surface area contributed by atoms with Crippen molar-refractivity contribution in [3.05, 3.63) is 34.9 Å². The molecule has 82 valence electrons. The van der Waals surface area contributed by atoms with Crippen LogP contribution in [0.5, 0.6) is 0 Å². The van der Waals surface area contributed by atoms with E-state index in [1.54, 1.807) is 18.2 Å². The third-order valence-corrected chi connectivity index (χ3v) is 2.59. The average Bonchev–Trinajstić information content (AvgIpc) is 2.68. The summed E-state index contributed by atoms with van der Waals surface area (Å²) in [7, 11) is 0. The predicted molar refractivity (Wildman–Crippen MR) is 54.2 cm³/mol. The Morgan fingerprint density at radius 1 is 1.44 bits per heavy atom. The number of hydrogen-bond acceptors (Lipinski definition) is 4. The Hall–Kier alpha value is -1.90. The van der Waals surface area contributed by atoms with Gasteiger partial charge in [0.15, 0.2) is 6.10 Å². The molecular formula is C11H10N2O3. The SMILES string of the molecule is N#CC(O)C(O)c1ccc2c(c1)C(=O)NC2. The van der Waals surface area contributed by atoms with Crippen molar-refractivity contribution < 1.29 is 15.0 Å². The van der Waals surface area contributed by atoms with E-state index in [2.05, 4.69) is 5.32 Å². The molecule has 0 spiro atoms. The second-order valence-electron chi connectivity index (χ2n) is 3.62. The van der Waals surface area contributed by atoms with E-state index < -0.39 is 12.2 Å². The van der Waals surface area contributed by atoms with Crippen LogP contribution in [0, 0.1) is 11.3 Å². The Morgan fingerprint density at radius 3 is 2.88 bits per heavy atom. The molecular weight excluding hydrogens is 208 g/mol. The van der Waals surface area contributed by atoms with Gasteiger partial charge in [-0.2, -0.15) is 5.26 Å². The van der Waals surface area contributed by atoms with E-state index in [0.717, 1.165) is 5.56 Å². The first-order chi connectivity index (χ1) is 7.63. The lowest BCUT2D eigenvalue weighted by Crippen LogP contribution is -2.16. The van der Waals surface area contributed by atoms with Crippen LogP contribution in [0.15, 0.2) is 18.2 Å². The second kappa shape index (κ2) is 3.93. The van der Waals surface area contributed by atoms with Crippen LogP contribution in [-0.4, -0.2) is 22.2 Å². The minimum atomic E-state index is -1.48. The van der Waals surface area contributed by atoms with Crippen LogP contribution in [0.2, 0.25) is 0 Å². The highest BCUT2D eigenvalue weighted by Crippen LogP contribution is 2.23. The van der Waals surface area contributed by atoms with Crippen molar-refractivity contribution in [3.8, 4) is 6.07 Å². The molecule has 0 fully saturated rings. The van der Waals surface area contributed by atoms with Gasteiger partial charge in [-0.15, -0.1) is 0 Å². The van der Waals surface area contributed by atoms with E-state index in [0.29, 0.717) is 17.7 Å². The topological polar surface area (TPSA) is 93.3 Å². The summed E-state index contributed by atoms with van der Waals surface area (Å²) in [6.07, 6.45) is -2.77. The minimum Gasteiger partial charge on any atom is -0.385 e. The molecule has 0 aliphatic carbocycles. The van der Waals surface area contributed by atoms with E-state index in [1.807, 2.05) is 0 Å². The molecule has 3 N–H and O–H groups in total. The van der Waals surface area contributed by atoms with Crippen LogP contribution >= 0.6 is 0 Å². The quantitative estimate of drug-likeness (QED) is 0.602. The Morgan fingerprint density at radius 2 is 2.19 bits per heavy atom. The van der Waals surface area contributed by atoms with Crippen molar-refractivity contribution in [2.75, 3.05) is 0 Å². The predicted octanol–water partition coefficient (Wildman–Crippen LogP) is -0.152. The fourth-order valence-electron chi connectivity index (χ4n) is 1.67. The number of aliphatic hydroxyl groups is 2. The summed E-state index contributed by atoms with van der Waals surface area (Å²) in [6.45, 7) is 0.478. The average molecular weight is 218 g/mol. The molecule has 1 aromatic rings. The first-order valence-electron chi connectivity index (χ1n) is 4.80. The second-order valence-corrected chi connectivity index (χ2v) is 3.62. The van der Waals surface area contributed by atoms with Gasteiger partial charge in [-0.25, -0.2) is 0 Å². The lowest BCUT2D eigenvalue weighted by molar-refractivity contribution is 0.0527.